The third-order valence-corrected chi connectivity index (χ3v) is 2.25. The van der Waals surface area contributed by atoms with Crippen LogP contribution < -0.4 is 0 Å². The van der Waals surface area contributed by atoms with Crippen molar-refractivity contribution in [3.63, 3.8) is 0 Å². The molecule has 3 nitrogen and oxygen atoms in total. The van der Waals surface area contributed by atoms with Gasteiger partial charge in [0.05, 0.1) is 0 Å². The van der Waals surface area contributed by atoms with Crippen molar-refractivity contribution in [1.82, 2.24) is 0 Å². The van der Waals surface area contributed by atoms with Crippen LogP contribution in [0, 0.1) is 0 Å². The van der Waals surface area contributed by atoms with Gasteiger partial charge in [0.25, 0.3) is 0 Å². The number of Topliss-reactive ketones (excluding diaryl/α,β-unsaturated/α-hetero) is 1. The fourth-order valence-electron chi connectivity index (χ4n) is 1.43. The number of hydrogen-bond donors (Lipinski definition) is 0. The minimum Gasteiger partial charge on any atom is -0.465 e. The predicted molar refractivity (Wildman–Crippen MR) is 55.5 cm³/mol. The van der Waals surface area contributed by atoms with E-state index in [4.69, 9.17) is 9.47 Å². The molecule has 0 atom stereocenters. The van der Waals surface area contributed by atoms with Crippen molar-refractivity contribution < 1.29 is 14.3 Å². The van der Waals surface area contributed by atoms with Gasteiger partial charge in [-0.2, -0.15) is 0 Å². The summed E-state index contributed by atoms with van der Waals surface area (Å²) in [6.45, 7) is 1.45. The van der Waals surface area contributed by atoms with Gasteiger partial charge in [0.1, 0.15) is 12.5 Å². The first-order valence-electron chi connectivity index (χ1n) is 4.88. The highest BCUT2D eigenvalue weighted by Crippen LogP contribution is 2.26. The average molecular weight is 204 g/mol. The molecule has 1 aliphatic heterocycles. The lowest BCUT2D eigenvalue weighted by Gasteiger charge is -2.17. The van der Waals surface area contributed by atoms with E-state index in [1.54, 1.807) is 0 Å². The standard InChI is InChI=1S/C12H12O3/c1-9(13)11-7-14-8-12(15-11)10-5-3-2-4-6-10/h2-3,5,7-8H,4,6H2,1H3. The Hall–Kier alpha value is -1.77. The minimum absolute atomic E-state index is 0.132. The van der Waals surface area contributed by atoms with Gasteiger partial charge < -0.3 is 9.47 Å². The third kappa shape index (κ3) is 2.18. The first-order chi connectivity index (χ1) is 7.27. The Labute approximate surface area is 88.4 Å². The highest BCUT2D eigenvalue weighted by Gasteiger charge is 2.17. The van der Waals surface area contributed by atoms with Crippen molar-refractivity contribution in [2.24, 2.45) is 0 Å². The van der Waals surface area contributed by atoms with E-state index in [-0.39, 0.29) is 11.5 Å². The zero-order valence-corrected chi connectivity index (χ0v) is 8.53. The van der Waals surface area contributed by atoms with Crippen molar-refractivity contribution in [3.8, 4) is 0 Å². The summed E-state index contributed by atoms with van der Waals surface area (Å²) in [4.78, 5) is 11.1. The van der Waals surface area contributed by atoms with Crippen LogP contribution in [0.2, 0.25) is 0 Å². The van der Waals surface area contributed by atoms with Gasteiger partial charge >= 0.3 is 0 Å². The van der Waals surface area contributed by atoms with Crippen LogP contribution in [0.3, 0.4) is 0 Å². The lowest BCUT2D eigenvalue weighted by molar-refractivity contribution is -0.116. The van der Waals surface area contributed by atoms with E-state index in [9.17, 15) is 4.79 Å². The Morgan fingerprint density at radius 3 is 2.93 bits per heavy atom. The van der Waals surface area contributed by atoms with Crippen LogP contribution in [-0.2, 0) is 14.3 Å². The fraction of sp³-hybridized carbons (Fsp3) is 0.250. The Morgan fingerprint density at radius 2 is 2.27 bits per heavy atom. The SMILES string of the molecule is CC(=O)C1=COC=C(C2=CC=CCC2)O1. The Bertz CT molecular complexity index is 397. The van der Waals surface area contributed by atoms with Crippen LogP contribution in [0.5, 0.6) is 0 Å². The molecular formula is C12H12O3. The summed E-state index contributed by atoms with van der Waals surface area (Å²) in [7, 11) is 0. The highest BCUT2D eigenvalue weighted by molar-refractivity contribution is 5.91. The van der Waals surface area contributed by atoms with E-state index >= 15 is 0 Å². The van der Waals surface area contributed by atoms with Crippen LogP contribution in [0.25, 0.3) is 0 Å². The maximum absolute atomic E-state index is 11.1. The summed E-state index contributed by atoms with van der Waals surface area (Å²) in [5.41, 5.74) is 1.06. The van der Waals surface area contributed by atoms with E-state index in [1.807, 2.05) is 12.2 Å². The summed E-state index contributed by atoms with van der Waals surface area (Å²) in [6.07, 6.45) is 10.8. The Kier molecular flexibility index (Phi) is 2.72. The highest BCUT2D eigenvalue weighted by atomic mass is 16.5. The number of ether oxygens (including phenoxy) is 2. The first-order valence-corrected chi connectivity index (χ1v) is 4.88. The molecule has 0 amide bonds. The van der Waals surface area contributed by atoms with Crippen LogP contribution in [0.1, 0.15) is 19.8 Å². The summed E-state index contributed by atoms with van der Waals surface area (Å²) >= 11 is 0. The summed E-state index contributed by atoms with van der Waals surface area (Å²) in [5.74, 6) is 0.752. The molecule has 3 heteroatoms. The monoisotopic (exact) mass is 204 g/mol. The molecule has 78 valence electrons. The van der Waals surface area contributed by atoms with Gasteiger partial charge in [0.2, 0.25) is 5.76 Å². The molecule has 0 fully saturated rings. The normalized spacial score (nSPS) is 19.4. The molecule has 15 heavy (non-hydrogen) atoms. The topological polar surface area (TPSA) is 35.5 Å². The number of rotatable bonds is 2. The second-order valence-corrected chi connectivity index (χ2v) is 3.42. The molecule has 2 rings (SSSR count). The molecule has 0 radical (unpaired) electrons. The first kappa shape index (κ1) is 9.77. The predicted octanol–water partition coefficient (Wildman–Crippen LogP) is 2.58. The maximum atomic E-state index is 11.1. The summed E-state index contributed by atoms with van der Waals surface area (Å²) < 4.78 is 10.5. The number of carbonyl (C=O) groups is 1. The Balaban J connectivity index is 2.12. The number of allylic oxidation sites excluding steroid dienone is 5. The second kappa shape index (κ2) is 4.17. The van der Waals surface area contributed by atoms with Crippen molar-refractivity contribution in [3.05, 3.63) is 47.8 Å². The van der Waals surface area contributed by atoms with Gasteiger partial charge in [-0.25, -0.2) is 0 Å². The van der Waals surface area contributed by atoms with E-state index in [0.29, 0.717) is 5.76 Å². The van der Waals surface area contributed by atoms with E-state index in [1.165, 1.54) is 19.4 Å². The quantitative estimate of drug-likeness (QED) is 0.693. The third-order valence-electron chi connectivity index (χ3n) is 2.25. The van der Waals surface area contributed by atoms with Gasteiger partial charge in [-0.3, -0.25) is 4.79 Å². The van der Waals surface area contributed by atoms with Crippen LogP contribution in [-0.4, -0.2) is 5.78 Å². The molecule has 0 aromatic heterocycles. The molecule has 0 aromatic rings. The number of hydrogen-bond acceptors (Lipinski definition) is 3. The second-order valence-electron chi connectivity index (χ2n) is 3.42. The smallest absolute Gasteiger partial charge is 0.205 e. The largest absolute Gasteiger partial charge is 0.465 e. The molecule has 0 N–H and O–H groups in total. The van der Waals surface area contributed by atoms with Gasteiger partial charge in [-0.1, -0.05) is 18.2 Å². The Morgan fingerprint density at radius 1 is 1.40 bits per heavy atom. The average Bonchev–Trinajstić information content (AvgIpc) is 2.30. The van der Waals surface area contributed by atoms with Gasteiger partial charge in [-0.05, 0) is 18.4 Å². The zero-order valence-electron chi connectivity index (χ0n) is 8.53. The number of carbonyl (C=O) groups excluding carboxylic acids is 1. The van der Waals surface area contributed by atoms with Crippen molar-refractivity contribution >= 4 is 5.78 Å². The van der Waals surface area contributed by atoms with E-state index in [0.717, 1.165) is 18.4 Å². The fourth-order valence-corrected chi connectivity index (χ4v) is 1.43. The molecule has 1 heterocycles. The van der Waals surface area contributed by atoms with Crippen LogP contribution in [0.4, 0.5) is 0 Å². The summed E-state index contributed by atoms with van der Waals surface area (Å²) in [5, 5.41) is 0. The lowest BCUT2D eigenvalue weighted by Crippen LogP contribution is -2.08. The van der Waals surface area contributed by atoms with Crippen LogP contribution >= 0.6 is 0 Å². The van der Waals surface area contributed by atoms with Crippen LogP contribution in [0.15, 0.2) is 47.8 Å². The zero-order chi connectivity index (χ0) is 10.7. The van der Waals surface area contributed by atoms with Crippen molar-refractivity contribution in [2.75, 3.05) is 0 Å². The van der Waals surface area contributed by atoms with E-state index < -0.39 is 0 Å². The molecule has 0 spiro atoms. The molecular weight excluding hydrogens is 192 g/mol. The number of ketones is 1. The molecule has 0 bridgehead atoms. The van der Waals surface area contributed by atoms with Gasteiger partial charge in [0, 0.05) is 6.92 Å². The summed E-state index contributed by atoms with van der Waals surface area (Å²) in [6, 6.07) is 0. The molecule has 1 aliphatic carbocycles. The molecule has 2 aliphatic rings. The molecule has 0 aromatic carbocycles. The van der Waals surface area contributed by atoms with E-state index in [2.05, 4.69) is 6.08 Å². The minimum atomic E-state index is -0.132. The van der Waals surface area contributed by atoms with Crippen molar-refractivity contribution in [2.45, 2.75) is 19.8 Å². The van der Waals surface area contributed by atoms with Gasteiger partial charge in [-0.15, -0.1) is 0 Å². The lowest BCUT2D eigenvalue weighted by atomic mass is 10.0. The molecule has 0 saturated carbocycles. The van der Waals surface area contributed by atoms with Gasteiger partial charge in [0.15, 0.2) is 11.5 Å². The molecule has 0 unspecified atom stereocenters. The maximum Gasteiger partial charge on any atom is 0.205 e. The molecule has 0 saturated heterocycles. The van der Waals surface area contributed by atoms with Crippen molar-refractivity contribution in [1.29, 1.82) is 0 Å².